The van der Waals surface area contributed by atoms with Crippen LogP contribution in [0.2, 0.25) is 0 Å². The van der Waals surface area contributed by atoms with Gasteiger partial charge in [0.15, 0.2) is 5.82 Å². The molecule has 0 saturated carbocycles. The van der Waals surface area contributed by atoms with Crippen molar-refractivity contribution in [1.29, 1.82) is 0 Å². The molecule has 258 valence electrons. The second kappa shape index (κ2) is 14.5. The lowest BCUT2D eigenvalue weighted by atomic mass is 9.84. The van der Waals surface area contributed by atoms with Crippen LogP contribution in [0.25, 0.3) is 22.2 Å². The number of nitrogens with zero attached hydrogens (tertiary/aromatic N) is 5. The Kier molecular flexibility index (Phi) is 11.1. The molecule has 0 spiro atoms. The highest BCUT2D eigenvalue weighted by Gasteiger charge is 2.51. The van der Waals surface area contributed by atoms with Crippen molar-refractivity contribution in [3.63, 3.8) is 0 Å². The molecule has 0 amide bonds. The number of nitrogen functional groups attached to an aromatic ring is 1. The highest BCUT2D eigenvalue weighted by molar-refractivity contribution is 5.96. The van der Waals surface area contributed by atoms with Gasteiger partial charge in [-0.05, 0) is 58.6 Å². The Bertz CT molecular complexity index is 1610. The summed E-state index contributed by atoms with van der Waals surface area (Å²) in [5.74, 6) is -2.60. The molecule has 0 aliphatic carbocycles. The molecule has 0 radical (unpaired) electrons. The molecule has 2 fully saturated rings. The Balaban J connectivity index is 0.00000245. The molecule has 4 heterocycles. The van der Waals surface area contributed by atoms with E-state index in [4.69, 9.17) is 19.9 Å². The van der Waals surface area contributed by atoms with Crippen LogP contribution in [0, 0.1) is 24.0 Å². The van der Waals surface area contributed by atoms with Crippen LogP contribution >= 0.6 is 0 Å². The zero-order valence-corrected chi connectivity index (χ0v) is 27.5. The van der Waals surface area contributed by atoms with Gasteiger partial charge in [-0.2, -0.15) is 23.1 Å². The molecule has 3 atom stereocenters. The van der Waals surface area contributed by atoms with Crippen molar-refractivity contribution in [2.75, 3.05) is 57.6 Å². The summed E-state index contributed by atoms with van der Waals surface area (Å²) in [6, 6.07) is 0.631. The monoisotopic (exact) mass is 667 g/mol. The molecular formula is C32H42F5N7O3. The van der Waals surface area contributed by atoms with Gasteiger partial charge in [-0.1, -0.05) is 20.8 Å². The summed E-state index contributed by atoms with van der Waals surface area (Å²) in [6.07, 6.45) is -4.24. The van der Waals surface area contributed by atoms with Crippen molar-refractivity contribution in [1.82, 2.24) is 19.9 Å². The van der Waals surface area contributed by atoms with Gasteiger partial charge >= 0.3 is 12.2 Å². The average molecular weight is 668 g/mol. The van der Waals surface area contributed by atoms with Crippen molar-refractivity contribution in [3.8, 4) is 23.1 Å². The van der Waals surface area contributed by atoms with Crippen molar-refractivity contribution < 1.29 is 36.2 Å². The number of hydrogen-bond donors (Lipinski definition) is 2. The molecular weight excluding hydrogens is 625 g/mol. The van der Waals surface area contributed by atoms with E-state index in [2.05, 4.69) is 36.9 Å². The predicted molar refractivity (Wildman–Crippen MR) is 171 cm³/mol. The minimum atomic E-state index is -5.06. The molecule has 2 aliphatic rings. The number of ether oxygens (including phenoxy) is 3. The number of aromatic nitrogens is 3. The van der Waals surface area contributed by atoms with Gasteiger partial charge in [-0.15, -0.1) is 0 Å². The van der Waals surface area contributed by atoms with Gasteiger partial charge in [0, 0.05) is 23.6 Å². The second-order valence-electron chi connectivity index (χ2n) is 11.6. The van der Waals surface area contributed by atoms with Gasteiger partial charge in [0.1, 0.15) is 34.8 Å². The van der Waals surface area contributed by atoms with Crippen molar-refractivity contribution in [3.05, 3.63) is 28.8 Å². The third-order valence-electron chi connectivity index (χ3n) is 8.60. The largest absolute Gasteiger partial charge is 0.474 e. The fourth-order valence-electron chi connectivity index (χ4n) is 5.93. The Labute approximate surface area is 270 Å². The van der Waals surface area contributed by atoms with Gasteiger partial charge < -0.3 is 30.2 Å². The van der Waals surface area contributed by atoms with E-state index in [1.54, 1.807) is 6.92 Å². The van der Waals surface area contributed by atoms with E-state index in [-0.39, 0.29) is 54.2 Å². The lowest BCUT2D eigenvalue weighted by Crippen LogP contribution is -2.40. The van der Waals surface area contributed by atoms with Gasteiger partial charge in [0.05, 0.1) is 37.1 Å². The maximum atomic E-state index is 16.6. The van der Waals surface area contributed by atoms with Crippen LogP contribution in [-0.2, 0) is 10.9 Å². The van der Waals surface area contributed by atoms with Crippen LogP contribution in [0.3, 0.4) is 0 Å². The van der Waals surface area contributed by atoms with Crippen molar-refractivity contribution in [2.24, 2.45) is 10.4 Å². The maximum Gasteiger partial charge on any atom is 0.417 e. The zero-order chi connectivity index (χ0) is 34.7. The highest BCUT2D eigenvalue weighted by atomic mass is 19.4. The summed E-state index contributed by atoms with van der Waals surface area (Å²) in [4.78, 5) is 19.1. The Morgan fingerprint density at radius 2 is 1.96 bits per heavy atom. The average Bonchev–Trinajstić information content (AvgIpc) is 3.60. The normalized spacial score (nSPS) is 20.0. The number of nitrogens with two attached hydrogens (primary N) is 1. The fraction of sp³-hybridized carbons (Fsp3) is 0.562. The van der Waals surface area contributed by atoms with E-state index in [9.17, 15) is 17.6 Å². The summed E-state index contributed by atoms with van der Waals surface area (Å²) >= 11 is 0. The molecule has 2 saturated heterocycles. The van der Waals surface area contributed by atoms with Crippen LogP contribution in [0.4, 0.5) is 33.5 Å². The first-order chi connectivity index (χ1) is 22.3. The van der Waals surface area contributed by atoms with Crippen LogP contribution < -0.4 is 20.5 Å². The molecule has 10 nitrogen and oxygen atoms in total. The summed E-state index contributed by atoms with van der Waals surface area (Å²) in [6.45, 7) is 14.5. The number of aliphatic imine (C=N–C) groups is 1. The quantitative estimate of drug-likeness (QED) is 0.105. The molecule has 2 aromatic heterocycles. The maximum absolute atomic E-state index is 16.6. The molecule has 2 aliphatic heterocycles. The lowest BCUT2D eigenvalue weighted by molar-refractivity contribution is -0.137. The topological polar surface area (TPSA) is 120 Å². The number of nitrogens with one attached hydrogen (secondary N) is 1. The van der Waals surface area contributed by atoms with Gasteiger partial charge in [0.25, 0.3) is 0 Å². The van der Waals surface area contributed by atoms with Crippen LogP contribution in [0.15, 0.2) is 11.1 Å². The van der Waals surface area contributed by atoms with E-state index in [1.165, 1.54) is 0 Å². The van der Waals surface area contributed by atoms with Crippen molar-refractivity contribution >= 4 is 29.1 Å². The predicted octanol–water partition coefficient (Wildman–Crippen LogP) is 6.29. The molecule has 3 N–H and O–H groups in total. The minimum Gasteiger partial charge on any atom is -0.474 e. The summed E-state index contributed by atoms with van der Waals surface area (Å²) in [5, 5.41) is 3.05. The number of likely N-dealkylation sites (tertiary alicyclic amines) is 1. The molecule has 3 aromatic rings. The summed E-state index contributed by atoms with van der Waals surface area (Å²) in [5.41, 5.74) is 0.704. The van der Waals surface area contributed by atoms with Gasteiger partial charge in [0.2, 0.25) is 5.88 Å². The van der Waals surface area contributed by atoms with E-state index in [0.717, 1.165) is 26.0 Å². The van der Waals surface area contributed by atoms with Crippen LogP contribution in [0.5, 0.6) is 11.9 Å². The minimum absolute atomic E-state index is 0.00540. The molecule has 47 heavy (non-hydrogen) atoms. The number of likely N-dealkylation sites (N-methyl/N-ethyl adjacent to an activating group) is 1. The van der Waals surface area contributed by atoms with E-state index < -0.39 is 57.5 Å². The number of anilines is 2. The summed E-state index contributed by atoms with van der Waals surface area (Å²) in [7, 11) is 2.01. The first-order valence-electron chi connectivity index (χ1n) is 15.6. The van der Waals surface area contributed by atoms with Crippen LogP contribution in [0.1, 0.15) is 51.7 Å². The molecule has 5 rings (SSSR count). The third-order valence-corrected chi connectivity index (χ3v) is 8.60. The number of pyridine rings is 1. The van der Waals surface area contributed by atoms with Crippen molar-refractivity contribution in [2.45, 2.75) is 65.8 Å². The molecule has 15 heteroatoms. The second-order valence-corrected chi connectivity index (χ2v) is 11.6. The first-order valence-corrected chi connectivity index (χ1v) is 15.6. The molecule has 1 aromatic carbocycles. The Hall–Kier alpha value is -3.85. The number of halogens is 5. The third kappa shape index (κ3) is 7.05. The van der Waals surface area contributed by atoms with E-state index in [1.807, 2.05) is 27.8 Å². The number of rotatable bonds is 11. The zero-order valence-electron chi connectivity index (χ0n) is 27.5. The molecule has 0 bridgehead atoms. The number of alkyl halides is 3. The summed E-state index contributed by atoms with van der Waals surface area (Å²) < 4.78 is 92.0. The van der Waals surface area contributed by atoms with E-state index in [0.29, 0.717) is 19.6 Å². The molecule has 3 unspecified atom stereocenters. The number of fused-ring (bicyclic) bond motifs is 2. The first kappa shape index (κ1) is 36.0. The Morgan fingerprint density at radius 3 is 2.62 bits per heavy atom. The lowest BCUT2D eigenvalue weighted by Gasteiger charge is -2.28. The van der Waals surface area contributed by atoms with Gasteiger partial charge in [-0.3, -0.25) is 4.99 Å². The smallest absolute Gasteiger partial charge is 0.417 e. The fourth-order valence-corrected chi connectivity index (χ4v) is 5.93. The van der Waals surface area contributed by atoms with Gasteiger partial charge in [-0.25, -0.2) is 13.8 Å². The standard InChI is InChI=1S/C30H36F5N7O3.C2H6/c1-6-15(2)45-27-20-25(23(32)24(39-27)17-11-18(36)22(31)16(3)21(17)30(33,34)35)40-28(41-26(20)38-9-8-37-4)44-14-29-7-10-42(5)19(29)12-43-13-29;1-2/h11,15,19H,4,6-10,12-14,36H2,1-3,5H3,(H,38,40,41);1-2H3. The highest BCUT2D eigenvalue weighted by Crippen LogP contribution is 2.45. The SMILES string of the molecule is C=NCCNc1nc(OCC23CCN(C)C2COC3)nc2c(F)c(-c3cc(N)c(F)c(C)c3C(F)(F)F)nc(OC(C)CC)c12.CC. The van der Waals surface area contributed by atoms with Crippen LogP contribution in [-0.4, -0.2) is 85.2 Å². The Morgan fingerprint density at radius 1 is 1.23 bits per heavy atom. The van der Waals surface area contributed by atoms with E-state index >= 15 is 4.39 Å². The number of benzene rings is 1. The number of hydrogen-bond acceptors (Lipinski definition) is 10.